The lowest BCUT2D eigenvalue weighted by molar-refractivity contribution is 0.0367. The molecule has 0 heterocycles. The standard InChI is InChI=1S/C9H17N3/c1-5-9-10-12(8-4)11(6-2)7-3/h5,8-9H,1,4,6-7H2,2-3H3. The molecule has 0 bridgehead atoms. The lowest BCUT2D eigenvalue weighted by atomic mass is 10.6. The van der Waals surface area contributed by atoms with Crippen LogP contribution in [0.3, 0.4) is 0 Å². The Morgan fingerprint density at radius 2 is 1.83 bits per heavy atom. The summed E-state index contributed by atoms with van der Waals surface area (Å²) >= 11 is 0. The molecule has 0 radical (unpaired) electrons. The first-order valence-electron chi connectivity index (χ1n) is 4.11. The Morgan fingerprint density at radius 1 is 1.25 bits per heavy atom. The fourth-order valence-electron chi connectivity index (χ4n) is 0.864. The Labute approximate surface area is 74.6 Å². The van der Waals surface area contributed by atoms with Gasteiger partial charge in [-0.05, 0) is 6.08 Å². The number of rotatable bonds is 6. The zero-order valence-corrected chi connectivity index (χ0v) is 7.90. The first-order chi connectivity index (χ1) is 5.79. The minimum Gasteiger partial charge on any atom is -0.202 e. The van der Waals surface area contributed by atoms with Gasteiger partial charge in [-0.3, -0.25) is 0 Å². The number of nitrogens with zero attached hydrogens (tertiary/aromatic N) is 3. The molecule has 0 aliphatic rings. The summed E-state index contributed by atoms with van der Waals surface area (Å²) in [5.41, 5.74) is 0. The van der Waals surface area contributed by atoms with Crippen molar-refractivity contribution in [3.8, 4) is 0 Å². The predicted octanol–water partition coefficient (Wildman–Crippen LogP) is 1.86. The van der Waals surface area contributed by atoms with Gasteiger partial charge in [-0.1, -0.05) is 27.0 Å². The molecule has 0 rings (SSSR count). The highest BCUT2D eigenvalue weighted by Gasteiger charge is 2.03. The van der Waals surface area contributed by atoms with Crippen molar-refractivity contribution in [1.29, 1.82) is 0 Å². The van der Waals surface area contributed by atoms with Crippen LogP contribution >= 0.6 is 0 Å². The van der Waals surface area contributed by atoms with Gasteiger partial charge in [0, 0.05) is 25.5 Å². The van der Waals surface area contributed by atoms with Gasteiger partial charge in [0.25, 0.3) is 0 Å². The Bertz CT molecular complexity index is 159. The van der Waals surface area contributed by atoms with Gasteiger partial charge < -0.3 is 0 Å². The highest BCUT2D eigenvalue weighted by atomic mass is 15.8. The summed E-state index contributed by atoms with van der Waals surface area (Å²) < 4.78 is 0. The quantitative estimate of drug-likeness (QED) is 0.444. The summed E-state index contributed by atoms with van der Waals surface area (Å²) in [6, 6.07) is 0. The number of allylic oxidation sites excluding steroid dienone is 1. The van der Waals surface area contributed by atoms with E-state index in [2.05, 4.69) is 32.1 Å². The van der Waals surface area contributed by atoms with Crippen LogP contribution in [0.15, 0.2) is 30.5 Å². The molecule has 0 spiro atoms. The van der Waals surface area contributed by atoms with E-state index in [4.69, 9.17) is 0 Å². The Morgan fingerprint density at radius 3 is 2.17 bits per heavy atom. The molecule has 0 saturated carbocycles. The summed E-state index contributed by atoms with van der Waals surface area (Å²) in [4.78, 5) is 0. The maximum atomic E-state index is 4.10. The van der Waals surface area contributed by atoms with Crippen molar-refractivity contribution in [2.24, 2.45) is 5.10 Å². The lowest BCUT2D eigenvalue weighted by Gasteiger charge is -2.26. The van der Waals surface area contributed by atoms with Gasteiger partial charge in [0.05, 0.1) is 0 Å². The molecule has 0 aromatic carbocycles. The van der Waals surface area contributed by atoms with Crippen molar-refractivity contribution in [3.05, 3.63) is 25.4 Å². The van der Waals surface area contributed by atoms with Crippen LogP contribution in [-0.4, -0.2) is 29.4 Å². The van der Waals surface area contributed by atoms with Gasteiger partial charge in [-0.2, -0.15) is 5.10 Å². The van der Waals surface area contributed by atoms with Crippen molar-refractivity contribution < 1.29 is 0 Å². The van der Waals surface area contributed by atoms with E-state index in [1.165, 1.54) is 0 Å². The molecule has 0 atom stereocenters. The van der Waals surface area contributed by atoms with E-state index < -0.39 is 0 Å². The highest BCUT2D eigenvalue weighted by Crippen LogP contribution is 1.97. The van der Waals surface area contributed by atoms with E-state index in [-0.39, 0.29) is 0 Å². The summed E-state index contributed by atoms with van der Waals surface area (Å²) in [6.45, 7) is 13.2. The summed E-state index contributed by atoms with van der Waals surface area (Å²) in [7, 11) is 0. The molecule has 0 N–H and O–H groups in total. The highest BCUT2D eigenvalue weighted by molar-refractivity contribution is 5.69. The molecule has 0 unspecified atom stereocenters. The minimum atomic E-state index is 0.914. The van der Waals surface area contributed by atoms with Gasteiger partial charge in [0.2, 0.25) is 0 Å². The molecule has 68 valence electrons. The van der Waals surface area contributed by atoms with Crippen molar-refractivity contribution in [3.63, 3.8) is 0 Å². The summed E-state index contributed by atoms with van der Waals surface area (Å²) in [6.07, 6.45) is 4.95. The molecule has 3 heteroatoms. The summed E-state index contributed by atoms with van der Waals surface area (Å²) in [5, 5.41) is 7.86. The molecule has 0 aliphatic heterocycles. The molecule has 3 nitrogen and oxygen atoms in total. The molecule has 0 fully saturated rings. The SMILES string of the molecule is C=CC=NN(C=C)N(CC)CC. The molecular weight excluding hydrogens is 150 g/mol. The van der Waals surface area contributed by atoms with Crippen LogP contribution in [0.4, 0.5) is 0 Å². The van der Waals surface area contributed by atoms with E-state index in [9.17, 15) is 0 Å². The second-order valence-corrected chi connectivity index (χ2v) is 2.14. The Kier molecular flexibility index (Phi) is 6.01. The van der Waals surface area contributed by atoms with Crippen molar-refractivity contribution in [2.45, 2.75) is 13.8 Å². The largest absolute Gasteiger partial charge is 0.202 e. The van der Waals surface area contributed by atoms with Crippen LogP contribution in [0.1, 0.15) is 13.8 Å². The molecule has 0 aliphatic carbocycles. The van der Waals surface area contributed by atoms with Crippen molar-refractivity contribution >= 4 is 6.21 Å². The molecule has 12 heavy (non-hydrogen) atoms. The van der Waals surface area contributed by atoms with Gasteiger partial charge in [-0.15, -0.1) is 0 Å². The molecule has 0 aromatic heterocycles. The van der Waals surface area contributed by atoms with Crippen LogP contribution in [0, 0.1) is 0 Å². The first kappa shape index (κ1) is 10.9. The van der Waals surface area contributed by atoms with Crippen LogP contribution in [0.2, 0.25) is 0 Å². The second kappa shape index (κ2) is 6.61. The monoisotopic (exact) mass is 167 g/mol. The molecule has 0 saturated heterocycles. The van der Waals surface area contributed by atoms with Gasteiger partial charge in [-0.25, -0.2) is 10.1 Å². The average molecular weight is 167 g/mol. The first-order valence-corrected chi connectivity index (χ1v) is 4.11. The van der Waals surface area contributed by atoms with E-state index in [1.807, 2.05) is 5.01 Å². The third-order valence-corrected chi connectivity index (χ3v) is 1.47. The van der Waals surface area contributed by atoms with Gasteiger partial charge >= 0.3 is 0 Å². The normalized spacial score (nSPS) is 10.6. The Balaban J connectivity index is 4.19. The van der Waals surface area contributed by atoms with Crippen LogP contribution < -0.4 is 0 Å². The zero-order valence-electron chi connectivity index (χ0n) is 7.90. The number of hydrazone groups is 1. The van der Waals surface area contributed by atoms with E-state index in [0.717, 1.165) is 13.1 Å². The Hall–Kier alpha value is -1.09. The molecule has 0 aromatic rings. The van der Waals surface area contributed by atoms with E-state index in [1.54, 1.807) is 23.6 Å². The predicted molar refractivity (Wildman–Crippen MR) is 53.6 cm³/mol. The number of hydrogen-bond acceptors (Lipinski definition) is 3. The van der Waals surface area contributed by atoms with Crippen molar-refractivity contribution in [1.82, 2.24) is 10.1 Å². The minimum absolute atomic E-state index is 0.914. The fourth-order valence-corrected chi connectivity index (χ4v) is 0.864. The van der Waals surface area contributed by atoms with Gasteiger partial charge in [0.15, 0.2) is 0 Å². The number of hydrogen-bond donors (Lipinski definition) is 0. The third kappa shape index (κ3) is 3.34. The molecule has 0 amide bonds. The van der Waals surface area contributed by atoms with Gasteiger partial charge in [0.1, 0.15) is 0 Å². The maximum absolute atomic E-state index is 4.10. The maximum Gasteiger partial charge on any atom is 0.0484 e. The number of hydrazine groups is 1. The van der Waals surface area contributed by atoms with Crippen LogP contribution in [-0.2, 0) is 0 Å². The third-order valence-electron chi connectivity index (χ3n) is 1.47. The zero-order chi connectivity index (χ0) is 9.40. The average Bonchev–Trinajstić information content (AvgIpc) is 2.12. The fraction of sp³-hybridized carbons (Fsp3) is 0.444. The van der Waals surface area contributed by atoms with Crippen LogP contribution in [0.5, 0.6) is 0 Å². The smallest absolute Gasteiger partial charge is 0.0484 e. The lowest BCUT2D eigenvalue weighted by Crippen LogP contribution is -2.34. The molecular formula is C9H17N3. The van der Waals surface area contributed by atoms with Crippen LogP contribution in [0.25, 0.3) is 0 Å². The second-order valence-electron chi connectivity index (χ2n) is 2.14. The van der Waals surface area contributed by atoms with E-state index >= 15 is 0 Å². The summed E-state index contributed by atoms with van der Waals surface area (Å²) in [5.74, 6) is 0. The topological polar surface area (TPSA) is 18.8 Å². The van der Waals surface area contributed by atoms with E-state index in [0.29, 0.717) is 0 Å². The van der Waals surface area contributed by atoms with Crippen molar-refractivity contribution in [2.75, 3.05) is 13.1 Å².